The van der Waals surface area contributed by atoms with Crippen molar-refractivity contribution in [3.8, 4) is 0 Å². The predicted octanol–water partition coefficient (Wildman–Crippen LogP) is 1.00. The highest BCUT2D eigenvalue weighted by Gasteiger charge is 2.28. The van der Waals surface area contributed by atoms with E-state index >= 15 is 0 Å². The minimum absolute atomic E-state index is 0.0401. The average Bonchev–Trinajstić information content (AvgIpc) is 2.67. The number of hydrogen-bond donors (Lipinski definition) is 2. The summed E-state index contributed by atoms with van der Waals surface area (Å²) >= 11 is 0. The molecule has 2 unspecified atom stereocenters. The van der Waals surface area contributed by atoms with Crippen molar-refractivity contribution in [3.63, 3.8) is 0 Å². The molecular formula is C19H37N5O3S. The highest BCUT2D eigenvalue weighted by atomic mass is 32.2. The van der Waals surface area contributed by atoms with Crippen LogP contribution in [-0.4, -0.2) is 81.1 Å². The number of aliphatic imine (C=N–C) groups is 1. The third-order valence-corrected chi connectivity index (χ3v) is 7.74. The van der Waals surface area contributed by atoms with Gasteiger partial charge in [-0.05, 0) is 38.5 Å². The van der Waals surface area contributed by atoms with Gasteiger partial charge < -0.3 is 15.5 Å². The van der Waals surface area contributed by atoms with Gasteiger partial charge in [-0.1, -0.05) is 19.8 Å². The Balaban J connectivity index is 1.99. The van der Waals surface area contributed by atoms with E-state index in [4.69, 9.17) is 0 Å². The summed E-state index contributed by atoms with van der Waals surface area (Å²) in [4.78, 5) is 18.0. The number of nitrogens with one attached hydrogen (secondary N) is 2. The van der Waals surface area contributed by atoms with Crippen LogP contribution in [0, 0.1) is 5.92 Å². The average molecular weight is 416 g/mol. The fourth-order valence-electron chi connectivity index (χ4n) is 3.78. The largest absolute Gasteiger partial charge is 0.354 e. The second kappa shape index (κ2) is 10.4. The van der Waals surface area contributed by atoms with Gasteiger partial charge in [0.25, 0.3) is 0 Å². The Morgan fingerprint density at radius 1 is 1.11 bits per heavy atom. The van der Waals surface area contributed by atoms with Gasteiger partial charge in [-0.2, -0.15) is 0 Å². The van der Waals surface area contributed by atoms with Gasteiger partial charge in [-0.25, -0.2) is 17.7 Å². The topological polar surface area (TPSA) is 94.1 Å². The number of hydrogen-bond acceptors (Lipinski definition) is 4. The molecule has 1 heterocycles. The molecule has 1 aliphatic carbocycles. The van der Waals surface area contributed by atoms with E-state index < -0.39 is 10.0 Å². The van der Waals surface area contributed by atoms with Crippen molar-refractivity contribution in [1.82, 2.24) is 19.8 Å². The molecule has 0 aromatic carbocycles. The summed E-state index contributed by atoms with van der Waals surface area (Å²) in [7, 11) is 0.331. The van der Waals surface area contributed by atoms with Crippen molar-refractivity contribution in [2.75, 3.05) is 39.5 Å². The van der Waals surface area contributed by atoms with Gasteiger partial charge >= 0.3 is 0 Å². The number of sulfonamides is 1. The lowest BCUT2D eigenvalue weighted by Crippen LogP contribution is -2.53. The maximum absolute atomic E-state index is 12.1. The standard InChI is InChI=1S/C19H37N5O3S/c1-5-28(26,27)24-12-10-16(11-13-24)21-19(20-14-18(25)23(3)4)22-17-9-7-6-8-15(17)2/h15-17H,5-14H2,1-4H3,(H2,20,21,22). The Labute approximate surface area is 170 Å². The van der Waals surface area contributed by atoms with Crippen molar-refractivity contribution in [1.29, 1.82) is 0 Å². The van der Waals surface area contributed by atoms with Crippen LogP contribution in [-0.2, 0) is 14.8 Å². The van der Waals surface area contributed by atoms with Crippen molar-refractivity contribution >= 4 is 21.9 Å². The number of nitrogens with zero attached hydrogens (tertiary/aromatic N) is 3. The first-order valence-corrected chi connectivity index (χ1v) is 12.1. The zero-order chi connectivity index (χ0) is 20.7. The van der Waals surface area contributed by atoms with E-state index in [0.717, 1.165) is 19.3 Å². The summed E-state index contributed by atoms with van der Waals surface area (Å²) in [6, 6.07) is 0.512. The molecule has 1 aliphatic heterocycles. The number of carbonyl (C=O) groups is 1. The molecule has 1 saturated carbocycles. The lowest BCUT2D eigenvalue weighted by Gasteiger charge is -2.35. The molecular weight excluding hydrogens is 378 g/mol. The molecule has 162 valence electrons. The molecule has 28 heavy (non-hydrogen) atoms. The number of rotatable bonds is 6. The molecule has 0 radical (unpaired) electrons. The molecule has 9 heteroatoms. The van der Waals surface area contributed by atoms with Gasteiger partial charge in [-0.15, -0.1) is 0 Å². The first-order chi connectivity index (χ1) is 13.2. The predicted molar refractivity (Wildman–Crippen MR) is 113 cm³/mol. The van der Waals surface area contributed by atoms with Crippen LogP contribution >= 0.6 is 0 Å². The van der Waals surface area contributed by atoms with Crippen LogP contribution in [0.3, 0.4) is 0 Å². The monoisotopic (exact) mass is 415 g/mol. The van der Waals surface area contributed by atoms with E-state index in [-0.39, 0.29) is 24.2 Å². The van der Waals surface area contributed by atoms with Gasteiger partial charge in [0.05, 0.1) is 5.75 Å². The first-order valence-electron chi connectivity index (χ1n) is 10.5. The maximum atomic E-state index is 12.1. The molecule has 0 spiro atoms. The van der Waals surface area contributed by atoms with Gasteiger partial charge in [0.1, 0.15) is 6.54 Å². The van der Waals surface area contributed by atoms with E-state index in [9.17, 15) is 13.2 Å². The van der Waals surface area contributed by atoms with Crippen LogP contribution in [0.25, 0.3) is 0 Å². The number of piperidine rings is 1. The Bertz CT molecular complexity index is 642. The van der Waals surface area contributed by atoms with Crippen LogP contribution < -0.4 is 10.6 Å². The van der Waals surface area contributed by atoms with E-state index in [2.05, 4.69) is 22.5 Å². The Morgan fingerprint density at radius 2 is 1.75 bits per heavy atom. The highest BCUT2D eigenvalue weighted by Crippen LogP contribution is 2.23. The Morgan fingerprint density at radius 3 is 2.32 bits per heavy atom. The number of guanidine groups is 1. The van der Waals surface area contributed by atoms with E-state index in [1.165, 1.54) is 19.3 Å². The third-order valence-electron chi connectivity index (χ3n) is 5.86. The van der Waals surface area contributed by atoms with Gasteiger partial charge in [0.15, 0.2) is 5.96 Å². The third kappa shape index (κ3) is 6.62. The molecule has 0 bridgehead atoms. The van der Waals surface area contributed by atoms with E-state index in [1.807, 2.05) is 0 Å². The van der Waals surface area contributed by atoms with Crippen molar-refractivity contribution in [2.45, 2.75) is 64.5 Å². The second-order valence-electron chi connectivity index (χ2n) is 8.18. The Hall–Kier alpha value is -1.35. The van der Waals surface area contributed by atoms with Gasteiger partial charge in [-0.3, -0.25) is 4.79 Å². The maximum Gasteiger partial charge on any atom is 0.243 e. The molecule has 2 rings (SSSR count). The van der Waals surface area contributed by atoms with Crippen LogP contribution in [0.5, 0.6) is 0 Å². The van der Waals surface area contributed by atoms with Crippen molar-refractivity contribution in [2.24, 2.45) is 10.9 Å². The number of likely N-dealkylation sites (N-methyl/N-ethyl adjacent to an activating group) is 1. The number of amides is 1. The second-order valence-corrected chi connectivity index (χ2v) is 10.4. The van der Waals surface area contributed by atoms with E-state index in [1.54, 1.807) is 30.2 Å². The normalized spacial score (nSPS) is 25.4. The zero-order valence-electron chi connectivity index (χ0n) is 17.8. The Kier molecular flexibility index (Phi) is 8.55. The van der Waals surface area contributed by atoms with E-state index in [0.29, 0.717) is 31.0 Å². The van der Waals surface area contributed by atoms with Crippen LogP contribution in [0.2, 0.25) is 0 Å². The zero-order valence-corrected chi connectivity index (χ0v) is 18.6. The molecule has 2 N–H and O–H groups in total. The molecule has 2 atom stereocenters. The minimum atomic E-state index is -3.12. The van der Waals surface area contributed by atoms with Crippen LogP contribution in [0.4, 0.5) is 0 Å². The molecule has 2 fully saturated rings. The fourth-order valence-corrected chi connectivity index (χ4v) is 4.91. The van der Waals surface area contributed by atoms with Gasteiger partial charge in [0, 0.05) is 39.3 Å². The summed E-state index contributed by atoms with van der Waals surface area (Å²) in [5, 5.41) is 6.99. The first kappa shape index (κ1) is 22.9. The summed E-state index contributed by atoms with van der Waals surface area (Å²) in [6.07, 6.45) is 6.26. The summed E-state index contributed by atoms with van der Waals surface area (Å²) in [5.74, 6) is 1.35. The molecule has 1 saturated heterocycles. The lowest BCUT2D eigenvalue weighted by molar-refractivity contribution is -0.127. The fraction of sp³-hybridized carbons (Fsp3) is 0.895. The SMILES string of the molecule is CCS(=O)(=O)N1CCC(NC(=NCC(=O)N(C)C)NC2CCCCC2C)CC1. The molecule has 2 aliphatic rings. The quantitative estimate of drug-likeness (QED) is 0.499. The number of carbonyl (C=O) groups excluding carboxylic acids is 1. The molecule has 0 aromatic rings. The smallest absolute Gasteiger partial charge is 0.243 e. The van der Waals surface area contributed by atoms with Crippen molar-refractivity contribution in [3.05, 3.63) is 0 Å². The van der Waals surface area contributed by atoms with Crippen LogP contribution in [0.1, 0.15) is 52.4 Å². The molecule has 0 aromatic heterocycles. The lowest BCUT2D eigenvalue weighted by atomic mass is 9.86. The molecule has 8 nitrogen and oxygen atoms in total. The van der Waals surface area contributed by atoms with Crippen molar-refractivity contribution < 1.29 is 13.2 Å². The summed E-state index contributed by atoms with van der Waals surface area (Å²) in [6.45, 7) is 5.09. The summed E-state index contributed by atoms with van der Waals surface area (Å²) < 4.78 is 25.7. The molecule has 1 amide bonds. The summed E-state index contributed by atoms with van der Waals surface area (Å²) in [5.41, 5.74) is 0. The van der Waals surface area contributed by atoms with Gasteiger partial charge in [0.2, 0.25) is 15.9 Å². The van der Waals surface area contributed by atoms with Crippen LogP contribution in [0.15, 0.2) is 4.99 Å². The minimum Gasteiger partial charge on any atom is -0.354 e. The highest BCUT2D eigenvalue weighted by molar-refractivity contribution is 7.89.